The molecule has 0 radical (unpaired) electrons. The van der Waals surface area contributed by atoms with Gasteiger partial charge in [-0.2, -0.15) is 0 Å². The topological polar surface area (TPSA) is 78.4 Å². The number of aliphatic carboxylic acids is 1. The molecule has 7 heteroatoms. The number of anilines is 1. The SMILES string of the molecule is CCC[C@@H](NC(=O)Nc1cc(F)cc(Cl)c1)C(=O)O. The minimum atomic E-state index is -1.12. The summed E-state index contributed by atoms with van der Waals surface area (Å²) in [7, 11) is 0. The van der Waals surface area contributed by atoms with Gasteiger partial charge in [-0.05, 0) is 24.6 Å². The molecule has 0 unspecified atom stereocenters. The van der Waals surface area contributed by atoms with E-state index >= 15 is 0 Å². The third-order valence-electron chi connectivity index (χ3n) is 2.30. The van der Waals surface area contributed by atoms with Crippen molar-refractivity contribution in [2.75, 3.05) is 5.32 Å². The first-order chi connectivity index (χ1) is 8.92. The van der Waals surface area contributed by atoms with Gasteiger partial charge in [0.15, 0.2) is 0 Å². The number of nitrogens with one attached hydrogen (secondary N) is 2. The largest absolute Gasteiger partial charge is 0.480 e. The molecular formula is C12H14ClFN2O3. The number of benzene rings is 1. The number of carboxylic acid groups (broad SMARTS) is 1. The van der Waals surface area contributed by atoms with Crippen molar-refractivity contribution in [1.29, 1.82) is 0 Å². The fourth-order valence-electron chi connectivity index (χ4n) is 1.50. The maximum absolute atomic E-state index is 13.0. The molecule has 0 aliphatic rings. The molecule has 1 aromatic rings. The van der Waals surface area contributed by atoms with Crippen LogP contribution < -0.4 is 10.6 Å². The lowest BCUT2D eigenvalue weighted by Crippen LogP contribution is -2.42. The predicted molar refractivity (Wildman–Crippen MR) is 69.9 cm³/mol. The zero-order valence-corrected chi connectivity index (χ0v) is 11.0. The van der Waals surface area contributed by atoms with Gasteiger partial charge >= 0.3 is 12.0 Å². The summed E-state index contributed by atoms with van der Waals surface area (Å²) in [4.78, 5) is 22.4. The zero-order valence-electron chi connectivity index (χ0n) is 10.2. The molecule has 2 amide bonds. The van der Waals surface area contributed by atoms with E-state index in [2.05, 4.69) is 10.6 Å². The second-order valence-electron chi connectivity index (χ2n) is 3.94. The molecule has 19 heavy (non-hydrogen) atoms. The van der Waals surface area contributed by atoms with E-state index in [1.54, 1.807) is 0 Å². The lowest BCUT2D eigenvalue weighted by atomic mass is 10.2. The van der Waals surface area contributed by atoms with Gasteiger partial charge in [0, 0.05) is 10.7 Å². The number of amides is 2. The van der Waals surface area contributed by atoms with E-state index in [-0.39, 0.29) is 10.7 Å². The molecule has 0 aliphatic carbocycles. The Bertz CT molecular complexity index is 462. The minimum Gasteiger partial charge on any atom is -0.480 e. The molecule has 1 atom stereocenters. The van der Waals surface area contributed by atoms with E-state index in [1.165, 1.54) is 6.07 Å². The number of urea groups is 1. The molecule has 0 saturated heterocycles. The first kappa shape index (κ1) is 15.2. The maximum atomic E-state index is 13.0. The van der Waals surface area contributed by atoms with Gasteiger partial charge in [0.2, 0.25) is 0 Å². The lowest BCUT2D eigenvalue weighted by Gasteiger charge is -2.14. The van der Waals surface area contributed by atoms with Gasteiger partial charge in [-0.3, -0.25) is 0 Å². The van der Waals surface area contributed by atoms with Crippen molar-refractivity contribution in [3.05, 3.63) is 29.0 Å². The summed E-state index contributed by atoms with van der Waals surface area (Å²) in [6.45, 7) is 1.81. The normalized spacial score (nSPS) is 11.7. The highest BCUT2D eigenvalue weighted by Crippen LogP contribution is 2.17. The van der Waals surface area contributed by atoms with Crippen LogP contribution in [0.3, 0.4) is 0 Å². The average Bonchev–Trinajstić information content (AvgIpc) is 2.26. The van der Waals surface area contributed by atoms with Gasteiger partial charge in [0.1, 0.15) is 11.9 Å². The van der Waals surface area contributed by atoms with Crippen molar-refractivity contribution in [3.63, 3.8) is 0 Å². The highest BCUT2D eigenvalue weighted by molar-refractivity contribution is 6.30. The summed E-state index contributed by atoms with van der Waals surface area (Å²) < 4.78 is 13.0. The summed E-state index contributed by atoms with van der Waals surface area (Å²) in [6, 6.07) is 1.85. The fraction of sp³-hybridized carbons (Fsp3) is 0.333. The van der Waals surface area contributed by atoms with Crippen molar-refractivity contribution >= 4 is 29.3 Å². The molecule has 0 bridgehead atoms. The highest BCUT2D eigenvalue weighted by Gasteiger charge is 2.18. The Kier molecular flexibility index (Phi) is 5.57. The summed E-state index contributed by atoms with van der Waals surface area (Å²) >= 11 is 5.63. The smallest absolute Gasteiger partial charge is 0.326 e. The Morgan fingerprint density at radius 1 is 1.42 bits per heavy atom. The Hall–Kier alpha value is -1.82. The molecule has 3 N–H and O–H groups in total. The zero-order chi connectivity index (χ0) is 14.4. The lowest BCUT2D eigenvalue weighted by molar-refractivity contribution is -0.139. The van der Waals surface area contributed by atoms with Crippen molar-refractivity contribution in [2.24, 2.45) is 0 Å². The molecular weight excluding hydrogens is 275 g/mol. The van der Waals surface area contributed by atoms with E-state index in [4.69, 9.17) is 16.7 Å². The van der Waals surface area contributed by atoms with E-state index in [9.17, 15) is 14.0 Å². The third kappa shape index (κ3) is 5.13. The summed E-state index contributed by atoms with van der Waals surface area (Å²) in [6.07, 6.45) is 0.926. The molecule has 0 spiro atoms. The number of rotatable bonds is 5. The van der Waals surface area contributed by atoms with Crippen molar-refractivity contribution in [2.45, 2.75) is 25.8 Å². The van der Waals surface area contributed by atoms with Crippen LogP contribution in [0.2, 0.25) is 5.02 Å². The Balaban J connectivity index is 2.66. The second-order valence-corrected chi connectivity index (χ2v) is 4.37. The van der Waals surface area contributed by atoms with Gasteiger partial charge in [-0.25, -0.2) is 14.0 Å². The first-order valence-corrected chi connectivity index (χ1v) is 6.06. The number of carbonyl (C=O) groups is 2. The van der Waals surface area contributed by atoms with Crippen LogP contribution in [0.1, 0.15) is 19.8 Å². The first-order valence-electron chi connectivity index (χ1n) is 5.68. The molecule has 1 aromatic carbocycles. The van der Waals surface area contributed by atoms with E-state index < -0.39 is 23.9 Å². The molecule has 104 valence electrons. The van der Waals surface area contributed by atoms with Crippen LogP contribution in [0, 0.1) is 5.82 Å². The van der Waals surface area contributed by atoms with Crippen LogP contribution >= 0.6 is 11.6 Å². The Morgan fingerprint density at radius 2 is 2.11 bits per heavy atom. The number of carboxylic acids is 1. The van der Waals surface area contributed by atoms with Crippen molar-refractivity contribution in [1.82, 2.24) is 5.32 Å². The standard InChI is InChI=1S/C12H14ClFN2O3/c1-2-3-10(11(17)18)16-12(19)15-9-5-7(13)4-8(14)6-9/h4-6,10H,2-3H2,1H3,(H,17,18)(H2,15,16,19)/t10-/m1/s1. The molecule has 0 aliphatic heterocycles. The van der Waals surface area contributed by atoms with Crippen molar-refractivity contribution < 1.29 is 19.1 Å². The van der Waals surface area contributed by atoms with Crippen molar-refractivity contribution in [3.8, 4) is 0 Å². The molecule has 1 rings (SSSR count). The van der Waals surface area contributed by atoms with E-state index in [1.807, 2.05) is 6.92 Å². The summed E-state index contributed by atoms with van der Waals surface area (Å²) in [5.41, 5.74) is 0.156. The third-order valence-corrected chi connectivity index (χ3v) is 2.52. The molecule has 0 heterocycles. The molecule has 5 nitrogen and oxygen atoms in total. The van der Waals surface area contributed by atoms with E-state index in [0.29, 0.717) is 12.8 Å². The number of halogens is 2. The number of carbonyl (C=O) groups excluding carboxylic acids is 1. The Labute approximate surface area is 114 Å². The molecule has 0 fully saturated rings. The highest BCUT2D eigenvalue weighted by atomic mass is 35.5. The van der Waals surface area contributed by atoms with Crippen LogP contribution in [-0.2, 0) is 4.79 Å². The van der Waals surface area contributed by atoms with Crippen LogP contribution in [0.4, 0.5) is 14.9 Å². The van der Waals surface area contributed by atoms with Crippen LogP contribution in [0.5, 0.6) is 0 Å². The predicted octanol–water partition coefficient (Wildman–Crippen LogP) is 2.85. The van der Waals surface area contributed by atoms with Gasteiger partial charge in [0.05, 0.1) is 0 Å². The van der Waals surface area contributed by atoms with Crippen LogP contribution in [0.15, 0.2) is 18.2 Å². The average molecular weight is 289 g/mol. The quantitative estimate of drug-likeness (QED) is 0.779. The van der Waals surface area contributed by atoms with Gasteiger partial charge in [-0.1, -0.05) is 24.9 Å². The van der Waals surface area contributed by atoms with Crippen LogP contribution in [0.25, 0.3) is 0 Å². The van der Waals surface area contributed by atoms with Gasteiger partial charge < -0.3 is 15.7 Å². The minimum absolute atomic E-state index is 0.138. The number of hydrogen-bond donors (Lipinski definition) is 3. The monoisotopic (exact) mass is 288 g/mol. The summed E-state index contributed by atoms with van der Waals surface area (Å²) in [5.74, 6) is -1.71. The second kappa shape index (κ2) is 6.94. The maximum Gasteiger partial charge on any atom is 0.326 e. The molecule has 0 saturated carbocycles. The number of hydrogen-bond acceptors (Lipinski definition) is 2. The molecule has 0 aromatic heterocycles. The van der Waals surface area contributed by atoms with E-state index in [0.717, 1.165) is 12.1 Å². The van der Waals surface area contributed by atoms with Gasteiger partial charge in [-0.15, -0.1) is 0 Å². The van der Waals surface area contributed by atoms with Crippen LogP contribution in [-0.4, -0.2) is 23.1 Å². The fourth-order valence-corrected chi connectivity index (χ4v) is 1.72. The van der Waals surface area contributed by atoms with Gasteiger partial charge in [0.25, 0.3) is 0 Å². The Morgan fingerprint density at radius 3 is 2.63 bits per heavy atom. The summed E-state index contributed by atoms with van der Waals surface area (Å²) in [5, 5.41) is 13.6.